The molecule has 1 saturated carbocycles. The standard InChI is InChI=1S/C16H34N2/c1-13(2)15-7-6-8-16(10-9-15)17-14(3)11-12-18(4)5/h13-17H,6-12H2,1-5H3. The van der Waals surface area contributed by atoms with Crippen molar-refractivity contribution in [1.82, 2.24) is 10.2 Å². The second kappa shape index (κ2) is 8.16. The molecule has 1 aliphatic carbocycles. The molecular formula is C16H34N2. The molecule has 0 heterocycles. The van der Waals surface area contributed by atoms with Gasteiger partial charge in [0, 0.05) is 12.1 Å². The maximum absolute atomic E-state index is 3.85. The first kappa shape index (κ1) is 16.0. The zero-order chi connectivity index (χ0) is 13.5. The zero-order valence-corrected chi connectivity index (χ0v) is 13.2. The molecule has 0 aliphatic heterocycles. The van der Waals surface area contributed by atoms with Crippen LogP contribution in [0, 0.1) is 11.8 Å². The Labute approximate surface area is 115 Å². The minimum atomic E-state index is 0.660. The van der Waals surface area contributed by atoms with Crippen LogP contribution in [0.15, 0.2) is 0 Å². The summed E-state index contributed by atoms with van der Waals surface area (Å²) < 4.78 is 0. The molecule has 0 aromatic carbocycles. The average Bonchev–Trinajstić information content (AvgIpc) is 2.52. The first-order valence-electron chi connectivity index (χ1n) is 7.89. The summed E-state index contributed by atoms with van der Waals surface area (Å²) in [5, 5.41) is 3.85. The van der Waals surface area contributed by atoms with Gasteiger partial charge in [0.1, 0.15) is 0 Å². The molecule has 2 heteroatoms. The minimum Gasteiger partial charge on any atom is -0.311 e. The summed E-state index contributed by atoms with van der Waals surface area (Å²) in [5.74, 6) is 1.84. The van der Waals surface area contributed by atoms with E-state index in [-0.39, 0.29) is 0 Å². The van der Waals surface area contributed by atoms with E-state index >= 15 is 0 Å². The van der Waals surface area contributed by atoms with Crippen LogP contribution in [0.5, 0.6) is 0 Å². The second-order valence-corrected chi connectivity index (χ2v) is 6.87. The predicted octanol–water partition coefficient (Wildman–Crippen LogP) is 3.52. The number of nitrogens with zero attached hydrogens (tertiary/aromatic N) is 1. The van der Waals surface area contributed by atoms with Crippen molar-refractivity contribution < 1.29 is 0 Å². The number of hydrogen-bond donors (Lipinski definition) is 1. The molecule has 1 fully saturated rings. The molecule has 1 aliphatic rings. The summed E-state index contributed by atoms with van der Waals surface area (Å²) in [7, 11) is 4.32. The van der Waals surface area contributed by atoms with E-state index in [0.717, 1.165) is 17.9 Å². The third kappa shape index (κ3) is 6.19. The van der Waals surface area contributed by atoms with Crippen LogP contribution >= 0.6 is 0 Å². The number of nitrogens with one attached hydrogen (secondary N) is 1. The van der Waals surface area contributed by atoms with Crippen LogP contribution in [0.25, 0.3) is 0 Å². The number of hydrogen-bond acceptors (Lipinski definition) is 2. The molecule has 3 atom stereocenters. The molecule has 0 saturated heterocycles. The van der Waals surface area contributed by atoms with E-state index < -0.39 is 0 Å². The molecular weight excluding hydrogens is 220 g/mol. The third-order valence-corrected chi connectivity index (χ3v) is 4.49. The molecule has 0 amide bonds. The summed E-state index contributed by atoms with van der Waals surface area (Å²) in [5.41, 5.74) is 0. The SMILES string of the molecule is CC(CCN(C)C)NC1CCCC(C(C)C)CC1. The van der Waals surface area contributed by atoms with Gasteiger partial charge in [0.15, 0.2) is 0 Å². The van der Waals surface area contributed by atoms with Crippen molar-refractivity contribution in [3.05, 3.63) is 0 Å². The lowest BCUT2D eigenvalue weighted by Crippen LogP contribution is -2.37. The molecule has 18 heavy (non-hydrogen) atoms. The van der Waals surface area contributed by atoms with E-state index in [0.29, 0.717) is 6.04 Å². The number of rotatable bonds is 6. The van der Waals surface area contributed by atoms with Crippen molar-refractivity contribution in [3.8, 4) is 0 Å². The van der Waals surface area contributed by atoms with Gasteiger partial charge in [-0.15, -0.1) is 0 Å². The van der Waals surface area contributed by atoms with Gasteiger partial charge in [0.2, 0.25) is 0 Å². The maximum Gasteiger partial charge on any atom is 0.00696 e. The van der Waals surface area contributed by atoms with Gasteiger partial charge in [-0.2, -0.15) is 0 Å². The van der Waals surface area contributed by atoms with Gasteiger partial charge in [-0.3, -0.25) is 0 Å². The van der Waals surface area contributed by atoms with Crippen LogP contribution in [0.3, 0.4) is 0 Å². The van der Waals surface area contributed by atoms with Crippen LogP contribution in [-0.4, -0.2) is 37.6 Å². The van der Waals surface area contributed by atoms with Crippen molar-refractivity contribution in [2.24, 2.45) is 11.8 Å². The molecule has 0 radical (unpaired) electrons. The van der Waals surface area contributed by atoms with E-state index in [2.05, 4.69) is 45.1 Å². The Morgan fingerprint density at radius 3 is 2.39 bits per heavy atom. The fourth-order valence-electron chi connectivity index (χ4n) is 3.10. The Morgan fingerprint density at radius 2 is 1.78 bits per heavy atom. The molecule has 3 unspecified atom stereocenters. The summed E-state index contributed by atoms with van der Waals surface area (Å²) in [6, 6.07) is 1.43. The second-order valence-electron chi connectivity index (χ2n) is 6.87. The van der Waals surface area contributed by atoms with Gasteiger partial charge in [0.05, 0.1) is 0 Å². The van der Waals surface area contributed by atoms with E-state index in [1.807, 2.05) is 0 Å². The summed E-state index contributed by atoms with van der Waals surface area (Å²) in [6.07, 6.45) is 8.32. The van der Waals surface area contributed by atoms with Gasteiger partial charge in [-0.1, -0.05) is 26.7 Å². The maximum atomic E-state index is 3.85. The molecule has 1 rings (SSSR count). The Morgan fingerprint density at radius 1 is 1.06 bits per heavy atom. The van der Waals surface area contributed by atoms with Crippen molar-refractivity contribution >= 4 is 0 Å². The van der Waals surface area contributed by atoms with E-state index in [9.17, 15) is 0 Å². The highest BCUT2D eigenvalue weighted by atomic mass is 15.1. The summed E-state index contributed by atoms with van der Waals surface area (Å²) in [6.45, 7) is 8.31. The fourth-order valence-corrected chi connectivity index (χ4v) is 3.10. The summed E-state index contributed by atoms with van der Waals surface area (Å²) >= 11 is 0. The smallest absolute Gasteiger partial charge is 0.00696 e. The van der Waals surface area contributed by atoms with E-state index in [1.165, 1.54) is 45.1 Å². The normalized spacial score (nSPS) is 27.5. The van der Waals surface area contributed by atoms with Crippen molar-refractivity contribution in [2.75, 3.05) is 20.6 Å². The quantitative estimate of drug-likeness (QED) is 0.730. The average molecular weight is 254 g/mol. The Bertz CT molecular complexity index is 213. The Hall–Kier alpha value is -0.0800. The Balaban J connectivity index is 2.26. The van der Waals surface area contributed by atoms with Gasteiger partial charge in [0.25, 0.3) is 0 Å². The lowest BCUT2D eigenvalue weighted by atomic mass is 9.89. The lowest BCUT2D eigenvalue weighted by Gasteiger charge is -2.23. The van der Waals surface area contributed by atoms with Gasteiger partial charge in [-0.05, 0) is 65.1 Å². The highest BCUT2D eigenvalue weighted by molar-refractivity contribution is 4.78. The lowest BCUT2D eigenvalue weighted by molar-refractivity contribution is 0.323. The van der Waals surface area contributed by atoms with Gasteiger partial charge < -0.3 is 10.2 Å². The first-order valence-corrected chi connectivity index (χ1v) is 7.89. The summed E-state index contributed by atoms with van der Waals surface area (Å²) in [4.78, 5) is 2.28. The fraction of sp³-hybridized carbons (Fsp3) is 1.00. The molecule has 0 bridgehead atoms. The van der Waals surface area contributed by atoms with Crippen LogP contribution in [0.4, 0.5) is 0 Å². The van der Waals surface area contributed by atoms with Crippen LogP contribution in [0.1, 0.15) is 59.3 Å². The molecule has 0 aromatic rings. The van der Waals surface area contributed by atoms with E-state index in [1.54, 1.807) is 0 Å². The van der Waals surface area contributed by atoms with Crippen molar-refractivity contribution in [1.29, 1.82) is 0 Å². The molecule has 1 N–H and O–H groups in total. The van der Waals surface area contributed by atoms with Crippen LogP contribution in [-0.2, 0) is 0 Å². The van der Waals surface area contributed by atoms with Gasteiger partial charge in [-0.25, -0.2) is 0 Å². The first-order chi connectivity index (χ1) is 8.49. The molecule has 108 valence electrons. The molecule has 0 aromatic heterocycles. The molecule has 2 nitrogen and oxygen atoms in total. The Kier molecular flexibility index (Phi) is 7.25. The zero-order valence-electron chi connectivity index (χ0n) is 13.2. The topological polar surface area (TPSA) is 15.3 Å². The largest absolute Gasteiger partial charge is 0.311 e. The molecule has 0 spiro atoms. The van der Waals surface area contributed by atoms with Crippen molar-refractivity contribution in [2.45, 2.75) is 71.4 Å². The van der Waals surface area contributed by atoms with Crippen LogP contribution < -0.4 is 5.32 Å². The van der Waals surface area contributed by atoms with Gasteiger partial charge >= 0.3 is 0 Å². The minimum absolute atomic E-state index is 0.660. The van der Waals surface area contributed by atoms with Crippen LogP contribution in [0.2, 0.25) is 0 Å². The highest BCUT2D eigenvalue weighted by Gasteiger charge is 2.21. The van der Waals surface area contributed by atoms with Crippen molar-refractivity contribution in [3.63, 3.8) is 0 Å². The third-order valence-electron chi connectivity index (χ3n) is 4.49. The van der Waals surface area contributed by atoms with E-state index in [4.69, 9.17) is 0 Å². The highest BCUT2D eigenvalue weighted by Crippen LogP contribution is 2.28. The monoisotopic (exact) mass is 254 g/mol. The predicted molar refractivity (Wildman–Crippen MR) is 81.0 cm³/mol.